The number of nitrogens with one attached hydrogen (secondary N) is 2. The quantitative estimate of drug-likeness (QED) is 0.912. The number of aromatic amines is 1. The van der Waals surface area contributed by atoms with E-state index in [1.54, 1.807) is 11.2 Å². The third-order valence-electron chi connectivity index (χ3n) is 4.07. The molecule has 1 fully saturated rings. The van der Waals surface area contributed by atoms with Crippen LogP contribution in [0.1, 0.15) is 31.2 Å². The average molecular weight is 300 g/mol. The summed E-state index contributed by atoms with van der Waals surface area (Å²) in [6, 6.07) is 3.87. The van der Waals surface area contributed by atoms with Crippen LogP contribution in [0.25, 0.3) is 11.0 Å². The molecule has 0 aliphatic carbocycles. The number of hydrogen-bond donors (Lipinski definition) is 2. The number of amides is 2. The van der Waals surface area contributed by atoms with Gasteiger partial charge in [0, 0.05) is 13.0 Å². The normalized spacial score (nSPS) is 15.9. The SMILES string of the molecule is Cc1ccc2[nH]cnc2c1NC(=O)CN1CCCCCC1=O. The second-order valence-corrected chi connectivity index (χ2v) is 5.73. The highest BCUT2D eigenvalue weighted by Gasteiger charge is 2.20. The number of imidazole rings is 1. The first-order valence-corrected chi connectivity index (χ1v) is 7.65. The van der Waals surface area contributed by atoms with Crippen LogP contribution in [-0.4, -0.2) is 39.8 Å². The summed E-state index contributed by atoms with van der Waals surface area (Å²) in [6.07, 6.45) is 5.09. The van der Waals surface area contributed by atoms with Gasteiger partial charge >= 0.3 is 0 Å². The number of H-pyrrole nitrogens is 1. The van der Waals surface area contributed by atoms with Gasteiger partial charge in [-0.15, -0.1) is 0 Å². The number of aromatic nitrogens is 2. The van der Waals surface area contributed by atoms with Crippen LogP contribution in [0.15, 0.2) is 18.5 Å². The Bertz CT molecular complexity index is 707. The number of anilines is 1. The molecule has 2 heterocycles. The minimum atomic E-state index is -0.172. The van der Waals surface area contributed by atoms with Gasteiger partial charge in [-0.2, -0.15) is 0 Å². The Morgan fingerprint density at radius 3 is 3.09 bits per heavy atom. The molecule has 116 valence electrons. The van der Waals surface area contributed by atoms with E-state index >= 15 is 0 Å². The third-order valence-corrected chi connectivity index (χ3v) is 4.07. The van der Waals surface area contributed by atoms with Crippen molar-refractivity contribution in [3.05, 3.63) is 24.0 Å². The van der Waals surface area contributed by atoms with E-state index in [0.717, 1.165) is 35.9 Å². The number of fused-ring (bicyclic) bond motifs is 1. The number of aryl methyl sites for hydroxylation is 1. The second kappa shape index (κ2) is 6.17. The molecule has 1 aromatic heterocycles. The maximum Gasteiger partial charge on any atom is 0.244 e. The van der Waals surface area contributed by atoms with Crippen LogP contribution in [0, 0.1) is 6.92 Å². The molecular formula is C16H20N4O2. The van der Waals surface area contributed by atoms with Gasteiger partial charge < -0.3 is 15.2 Å². The zero-order valence-corrected chi connectivity index (χ0v) is 12.7. The van der Waals surface area contributed by atoms with Crippen molar-refractivity contribution in [2.75, 3.05) is 18.4 Å². The second-order valence-electron chi connectivity index (χ2n) is 5.73. The Morgan fingerprint density at radius 2 is 2.23 bits per heavy atom. The Hall–Kier alpha value is -2.37. The number of nitrogens with zero attached hydrogens (tertiary/aromatic N) is 2. The van der Waals surface area contributed by atoms with E-state index < -0.39 is 0 Å². The standard InChI is InChI=1S/C16H20N4O2/c1-11-6-7-12-16(18-10-17-12)15(11)19-13(21)9-20-8-4-2-3-5-14(20)22/h6-7,10H,2-5,8-9H2,1H3,(H,17,18)(H,19,21). The summed E-state index contributed by atoms with van der Waals surface area (Å²) in [7, 11) is 0. The lowest BCUT2D eigenvalue weighted by molar-refractivity contribution is -0.134. The highest BCUT2D eigenvalue weighted by atomic mass is 16.2. The molecule has 0 bridgehead atoms. The van der Waals surface area contributed by atoms with Gasteiger partial charge in [-0.05, 0) is 31.4 Å². The monoisotopic (exact) mass is 300 g/mol. The fourth-order valence-electron chi connectivity index (χ4n) is 2.82. The predicted molar refractivity (Wildman–Crippen MR) is 84.5 cm³/mol. The van der Waals surface area contributed by atoms with E-state index in [0.29, 0.717) is 18.7 Å². The van der Waals surface area contributed by atoms with Crippen molar-refractivity contribution in [1.82, 2.24) is 14.9 Å². The van der Waals surface area contributed by atoms with E-state index in [9.17, 15) is 9.59 Å². The zero-order chi connectivity index (χ0) is 15.5. The van der Waals surface area contributed by atoms with Crippen LogP contribution in [-0.2, 0) is 9.59 Å². The maximum absolute atomic E-state index is 12.3. The van der Waals surface area contributed by atoms with E-state index in [-0.39, 0.29) is 18.4 Å². The Balaban J connectivity index is 1.74. The molecule has 6 nitrogen and oxygen atoms in total. The fraction of sp³-hybridized carbons (Fsp3) is 0.438. The number of benzene rings is 1. The van der Waals surface area contributed by atoms with Gasteiger partial charge in [-0.3, -0.25) is 9.59 Å². The molecular weight excluding hydrogens is 280 g/mol. The van der Waals surface area contributed by atoms with Crippen LogP contribution in [0.4, 0.5) is 5.69 Å². The number of likely N-dealkylation sites (tertiary alicyclic amines) is 1. The lowest BCUT2D eigenvalue weighted by Crippen LogP contribution is -2.37. The fourth-order valence-corrected chi connectivity index (χ4v) is 2.82. The molecule has 1 saturated heterocycles. The molecule has 1 aliphatic rings. The lowest BCUT2D eigenvalue weighted by Gasteiger charge is -2.20. The summed E-state index contributed by atoms with van der Waals surface area (Å²) >= 11 is 0. The van der Waals surface area contributed by atoms with Gasteiger partial charge in [-0.25, -0.2) is 4.98 Å². The van der Waals surface area contributed by atoms with E-state index in [1.807, 2.05) is 19.1 Å². The molecule has 0 unspecified atom stereocenters. The highest BCUT2D eigenvalue weighted by Crippen LogP contribution is 2.24. The first-order chi connectivity index (χ1) is 10.6. The van der Waals surface area contributed by atoms with E-state index in [1.165, 1.54) is 0 Å². The summed E-state index contributed by atoms with van der Waals surface area (Å²) in [5.74, 6) is -0.101. The molecule has 2 amide bonds. The van der Waals surface area contributed by atoms with Crippen LogP contribution < -0.4 is 5.32 Å². The van der Waals surface area contributed by atoms with Crippen LogP contribution in [0.3, 0.4) is 0 Å². The van der Waals surface area contributed by atoms with Gasteiger partial charge in [0.05, 0.1) is 24.1 Å². The Morgan fingerprint density at radius 1 is 1.36 bits per heavy atom. The zero-order valence-electron chi connectivity index (χ0n) is 12.7. The maximum atomic E-state index is 12.3. The molecule has 0 saturated carbocycles. The molecule has 0 atom stereocenters. The van der Waals surface area contributed by atoms with Crippen molar-refractivity contribution in [2.45, 2.75) is 32.6 Å². The average Bonchev–Trinajstić information content (AvgIpc) is 2.88. The number of carbonyl (C=O) groups excluding carboxylic acids is 2. The minimum absolute atomic E-state index is 0.0716. The van der Waals surface area contributed by atoms with E-state index in [4.69, 9.17) is 0 Å². The molecule has 1 aliphatic heterocycles. The van der Waals surface area contributed by atoms with Crippen molar-refractivity contribution < 1.29 is 9.59 Å². The van der Waals surface area contributed by atoms with Crippen molar-refractivity contribution in [2.24, 2.45) is 0 Å². The molecule has 2 N–H and O–H groups in total. The molecule has 3 rings (SSSR count). The summed E-state index contributed by atoms with van der Waals surface area (Å²) in [4.78, 5) is 33.2. The van der Waals surface area contributed by atoms with Crippen LogP contribution in [0.5, 0.6) is 0 Å². The third kappa shape index (κ3) is 2.95. The van der Waals surface area contributed by atoms with Crippen molar-refractivity contribution >= 4 is 28.5 Å². The molecule has 0 spiro atoms. The topological polar surface area (TPSA) is 78.1 Å². The predicted octanol–water partition coefficient (Wildman–Crippen LogP) is 2.21. The summed E-state index contributed by atoms with van der Waals surface area (Å²) in [5, 5.41) is 2.91. The van der Waals surface area contributed by atoms with Gasteiger partial charge in [0.25, 0.3) is 0 Å². The van der Waals surface area contributed by atoms with Crippen molar-refractivity contribution in [3.63, 3.8) is 0 Å². The van der Waals surface area contributed by atoms with Crippen LogP contribution >= 0.6 is 0 Å². The molecule has 6 heteroatoms. The van der Waals surface area contributed by atoms with Crippen molar-refractivity contribution in [1.29, 1.82) is 0 Å². The summed E-state index contributed by atoms with van der Waals surface area (Å²) < 4.78 is 0. The smallest absolute Gasteiger partial charge is 0.244 e. The number of carbonyl (C=O) groups is 2. The summed E-state index contributed by atoms with van der Waals surface area (Å²) in [6.45, 7) is 2.71. The molecule has 22 heavy (non-hydrogen) atoms. The van der Waals surface area contributed by atoms with Gasteiger partial charge in [0.15, 0.2) is 0 Å². The number of hydrogen-bond acceptors (Lipinski definition) is 3. The number of rotatable bonds is 3. The Kier molecular flexibility index (Phi) is 4.09. The minimum Gasteiger partial charge on any atom is -0.345 e. The lowest BCUT2D eigenvalue weighted by atomic mass is 10.1. The highest BCUT2D eigenvalue weighted by molar-refractivity contribution is 6.02. The Labute approximate surface area is 128 Å². The molecule has 2 aromatic rings. The van der Waals surface area contributed by atoms with E-state index in [2.05, 4.69) is 15.3 Å². The van der Waals surface area contributed by atoms with Gasteiger partial charge in [0.2, 0.25) is 11.8 Å². The first kappa shape index (κ1) is 14.6. The summed E-state index contributed by atoms with van der Waals surface area (Å²) in [5.41, 5.74) is 3.29. The van der Waals surface area contributed by atoms with Crippen molar-refractivity contribution in [3.8, 4) is 0 Å². The van der Waals surface area contributed by atoms with Gasteiger partial charge in [-0.1, -0.05) is 12.5 Å². The molecule has 0 radical (unpaired) electrons. The van der Waals surface area contributed by atoms with Crippen LogP contribution in [0.2, 0.25) is 0 Å². The molecule has 1 aromatic carbocycles. The first-order valence-electron chi connectivity index (χ1n) is 7.65. The van der Waals surface area contributed by atoms with Gasteiger partial charge in [0.1, 0.15) is 5.52 Å². The largest absolute Gasteiger partial charge is 0.345 e.